The second kappa shape index (κ2) is 5.12. The van der Waals surface area contributed by atoms with Crippen molar-refractivity contribution < 1.29 is 39.3 Å². The Labute approximate surface area is 70.3 Å². The summed E-state index contributed by atoms with van der Waals surface area (Å²) < 4.78 is 0. The van der Waals surface area contributed by atoms with Gasteiger partial charge in [-0.3, -0.25) is 4.79 Å². The third kappa shape index (κ3) is 5.44. The molecule has 5 heteroatoms. The van der Waals surface area contributed by atoms with E-state index in [9.17, 15) is 9.59 Å². The van der Waals surface area contributed by atoms with Crippen molar-refractivity contribution in [3.8, 4) is 0 Å². The van der Waals surface area contributed by atoms with E-state index in [2.05, 4.69) is 6.58 Å². The molecule has 0 saturated carbocycles. The van der Waals surface area contributed by atoms with Crippen molar-refractivity contribution in [2.45, 2.75) is 6.42 Å². The molecule has 0 saturated heterocycles. The zero-order chi connectivity index (χ0) is 7.44. The molecule has 52 valence electrons. The van der Waals surface area contributed by atoms with Gasteiger partial charge in [-0.25, -0.2) is 4.79 Å². The van der Waals surface area contributed by atoms with E-state index in [0.29, 0.717) is 0 Å². The molecule has 0 atom stereocenters. The van der Waals surface area contributed by atoms with Crippen LogP contribution in [-0.4, -0.2) is 22.2 Å². The quantitative estimate of drug-likeness (QED) is 0.495. The summed E-state index contributed by atoms with van der Waals surface area (Å²) in [6.07, 6.45) is -0.505. The van der Waals surface area contributed by atoms with Gasteiger partial charge in [-0.05, 0) is 0 Å². The summed E-state index contributed by atoms with van der Waals surface area (Å²) in [7, 11) is 0. The fraction of sp³-hybridized carbons (Fsp3) is 0.200. The van der Waals surface area contributed by atoms with E-state index in [1.54, 1.807) is 0 Å². The van der Waals surface area contributed by atoms with Gasteiger partial charge in [0.25, 0.3) is 0 Å². The van der Waals surface area contributed by atoms with Crippen molar-refractivity contribution in [2.24, 2.45) is 0 Å². The minimum atomic E-state index is -1.27. The topological polar surface area (TPSA) is 74.6 Å². The molecular formula is C5H6O4Zn. The van der Waals surface area contributed by atoms with Crippen molar-refractivity contribution in [1.29, 1.82) is 0 Å². The monoisotopic (exact) mass is 194 g/mol. The maximum absolute atomic E-state index is 9.87. The molecule has 10 heavy (non-hydrogen) atoms. The van der Waals surface area contributed by atoms with Crippen LogP contribution in [0.3, 0.4) is 0 Å². The van der Waals surface area contributed by atoms with E-state index in [4.69, 9.17) is 10.2 Å². The van der Waals surface area contributed by atoms with Crippen LogP contribution in [0.15, 0.2) is 12.2 Å². The molecule has 0 heterocycles. The van der Waals surface area contributed by atoms with E-state index in [-0.39, 0.29) is 25.1 Å². The maximum Gasteiger partial charge on any atom is 0.331 e. The Morgan fingerprint density at radius 1 is 1.30 bits per heavy atom. The predicted molar refractivity (Wildman–Crippen MR) is 29.0 cm³/mol. The van der Waals surface area contributed by atoms with Crippen molar-refractivity contribution in [1.82, 2.24) is 0 Å². The summed E-state index contributed by atoms with van der Waals surface area (Å²) in [5.41, 5.74) is -0.303. The van der Waals surface area contributed by atoms with Gasteiger partial charge in [-0.2, -0.15) is 0 Å². The van der Waals surface area contributed by atoms with Crippen LogP contribution in [0.4, 0.5) is 0 Å². The Bertz CT molecular complexity index is 163. The summed E-state index contributed by atoms with van der Waals surface area (Å²) >= 11 is 0. The second-order valence-electron chi connectivity index (χ2n) is 1.48. The largest absolute Gasteiger partial charge is 0.481 e. The van der Waals surface area contributed by atoms with Crippen LogP contribution in [0.5, 0.6) is 0 Å². The van der Waals surface area contributed by atoms with Gasteiger partial charge in [-0.1, -0.05) is 6.58 Å². The Balaban J connectivity index is 0. The van der Waals surface area contributed by atoms with E-state index >= 15 is 0 Å². The molecular weight excluding hydrogens is 189 g/mol. The molecule has 0 aromatic heterocycles. The van der Waals surface area contributed by atoms with E-state index in [1.165, 1.54) is 0 Å². The molecule has 0 unspecified atom stereocenters. The number of carboxylic acid groups (broad SMARTS) is 2. The first kappa shape index (κ1) is 12.0. The van der Waals surface area contributed by atoms with Gasteiger partial charge in [-0.15, -0.1) is 0 Å². The first-order valence-corrected chi connectivity index (χ1v) is 2.17. The fourth-order valence-corrected chi connectivity index (χ4v) is 0.258. The zero-order valence-corrected chi connectivity index (χ0v) is 8.30. The summed E-state index contributed by atoms with van der Waals surface area (Å²) in [5.74, 6) is -2.44. The molecule has 0 bridgehead atoms. The standard InChI is InChI=1S/C5H6O4.Zn/c1-3(5(8)9)2-4(6)7;/h1-2H2,(H,6,7)(H,8,9);. The predicted octanol–water partition coefficient (Wildman–Crippen LogP) is 0.0994. The molecule has 0 aliphatic rings. The molecule has 0 aromatic carbocycles. The molecule has 0 aliphatic heterocycles. The molecule has 0 aliphatic carbocycles. The Morgan fingerprint density at radius 2 is 1.70 bits per heavy atom. The van der Waals surface area contributed by atoms with Gasteiger partial charge in [0.05, 0.1) is 6.42 Å². The molecule has 0 radical (unpaired) electrons. The van der Waals surface area contributed by atoms with Gasteiger partial charge in [0.2, 0.25) is 0 Å². The molecule has 2 N–H and O–H groups in total. The number of rotatable bonds is 3. The van der Waals surface area contributed by atoms with Gasteiger partial charge in [0.15, 0.2) is 0 Å². The van der Waals surface area contributed by atoms with Crippen LogP contribution in [-0.2, 0) is 29.1 Å². The Hall–Kier alpha value is -0.697. The SMILES string of the molecule is C=C(CC(=O)O)C(=O)O.[Zn]. The average Bonchev–Trinajstić information content (AvgIpc) is 1.63. The Kier molecular flexibility index (Phi) is 6.15. The van der Waals surface area contributed by atoms with Crippen LogP contribution in [0.2, 0.25) is 0 Å². The van der Waals surface area contributed by atoms with Crippen LogP contribution < -0.4 is 0 Å². The van der Waals surface area contributed by atoms with Crippen molar-refractivity contribution in [3.05, 3.63) is 12.2 Å². The minimum Gasteiger partial charge on any atom is -0.481 e. The molecule has 4 nitrogen and oxygen atoms in total. The summed E-state index contributed by atoms with van der Waals surface area (Å²) in [5, 5.41) is 16.1. The molecule has 0 aromatic rings. The number of hydrogen-bond donors (Lipinski definition) is 2. The van der Waals surface area contributed by atoms with Crippen molar-refractivity contribution in [3.63, 3.8) is 0 Å². The zero-order valence-electron chi connectivity index (χ0n) is 5.33. The molecule has 0 spiro atoms. The first-order valence-electron chi connectivity index (χ1n) is 2.17. The maximum atomic E-state index is 9.87. The van der Waals surface area contributed by atoms with Crippen LogP contribution in [0, 0.1) is 0 Å². The number of carbonyl (C=O) groups is 2. The van der Waals surface area contributed by atoms with E-state index in [0.717, 1.165) is 0 Å². The smallest absolute Gasteiger partial charge is 0.331 e. The summed E-state index contributed by atoms with van der Waals surface area (Å²) in [6, 6.07) is 0. The molecule has 0 fully saturated rings. The van der Waals surface area contributed by atoms with Gasteiger partial charge in [0, 0.05) is 25.1 Å². The molecule has 0 amide bonds. The van der Waals surface area contributed by atoms with E-state index < -0.39 is 18.4 Å². The van der Waals surface area contributed by atoms with E-state index in [1.807, 2.05) is 0 Å². The Morgan fingerprint density at radius 3 is 1.80 bits per heavy atom. The minimum absolute atomic E-state index is 0. The van der Waals surface area contributed by atoms with Crippen molar-refractivity contribution in [2.75, 3.05) is 0 Å². The van der Waals surface area contributed by atoms with Gasteiger partial charge >= 0.3 is 11.9 Å². The normalized spacial score (nSPS) is 7.60. The van der Waals surface area contributed by atoms with Crippen LogP contribution >= 0.6 is 0 Å². The second-order valence-corrected chi connectivity index (χ2v) is 1.48. The third-order valence-corrected chi connectivity index (χ3v) is 0.667. The average molecular weight is 195 g/mol. The van der Waals surface area contributed by atoms with Crippen LogP contribution in [0.1, 0.15) is 6.42 Å². The number of aliphatic carboxylic acids is 2. The molecule has 0 rings (SSSR count). The first-order chi connectivity index (χ1) is 4.04. The van der Waals surface area contributed by atoms with Crippen LogP contribution in [0.25, 0.3) is 0 Å². The van der Waals surface area contributed by atoms with Gasteiger partial charge < -0.3 is 10.2 Å². The number of carboxylic acids is 2. The number of hydrogen-bond acceptors (Lipinski definition) is 2. The van der Waals surface area contributed by atoms with Crippen molar-refractivity contribution >= 4 is 11.9 Å². The summed E-state index contributed by atoms with van der Waals surface area (Å²) in [6.45, 7) is 3.01. The van der Waals surface area contributed by atoms with Gasteiger partial charge in [0.1, 0.15) is 0 Å². The third-order valence-electron chi connectivity index (χ3n) is 0.667. The fourth-order valence-electron chi connectivity index (χ4n) is 0.258. The summed E-state index contributed by atoms with van der Waals surface area (Å²) in [4.78, 5) is 19.7.